The van der Waals surface area contributed by atoms with Crippen LogP contribution in [0.15, 0.2) is 4.99 Å². The van der Waals surface area contributed by atoms with Crippen LogP contribution >= 0.6 is 0 Å². The first kappa shape index (κ1) is 18.2. The number of hydrogen-bond donors (Lipinski definition) is 2. The second-order valence-electron chi connectivity index (χ2n) is 5.12. The van der Waals surface area contributed by atoms with E-state index in [1.807, 2.05) is 0 Å². The van der Waals surface area contributed by atoms with Crippen LogP contribution in [0.2, 0.25) is 0 Å². The summed E-state index contributed by atoms with van der Waals surface area (Å²) in [6.45, 7) is 3.28. The van der Waals surface area contributed by atoms with Gasteiger partial charge in [-0.1, -0.05) is 0 Å². The summed E-state index contributed by atoms with van der Waals surface area (Å²) in [5, 5.41) is 6.08. The van der Waals surface area contributed by atoms with Gasteiger partial charge in [0, 0.05) is 39.6 Å². The van der Waals surface area contributed by atoms with Crippen molar-refractivity contribution in [3.05, 3.63) is 0 Å². The molecule has 7 nitrogen and oxygen atoms in total. The quantitative estimate of drug-likeness (QED) is 0.347. The second kappa shape index (κ2) is 9.97. The highest BCUT2D eigenvalue weighted by molar-refractivity contribution is 7.90. The van der Waals surface area contributed by atoms with Crippen LogP contribution in [-0.2, 0) is 19.3 Å². The Labute approximate surface area is 127 Å². The van der Waals surface area contributed by atoms with E-state index in [9.17, 15) is 8.42 Å². The summed E-state index contributed by atoms with van der Waals surface area (Å²) in [4.78, 5) is 4.03. The Morgan fingerprint density at radius 3 is 2.76 bits per heavy atom. The van der Waals surface area contributed by atoms with Gasteiger partial charge in [-0.2, -0.15) is 0 Å². The van der Waals surface area contributed by atoms with Gasteiger partial charge in [0.1, 0.15) is 9.84 Å². The summed E-state index contributed by atoms with van der Waals surface area (Å²) >= 11 is 0. The van der Waals surface area contributed by atoms with Crippen molar-refractivity contribution >= 4 is 15.8 Å². The van der Waals surface area contributed by atoms with Crippen molar-refractivity contribution < 1.29 is 17.9 Å². The number of nitrogens with one attached hydrogen (secondary N) is 2. The normalized spacial score (nSPS) is 19.7. The monoisotopic (exact) mass is 321 g/mol. The van der Waals surface area contributed by atoms with Gasteiger partial charge in [-0.15, -0.1) is 0 Å². The van der Waals surface area contributed by atoms with Gasteiger partial charge in [0.25, 0.3) is 0 Å². The van der Waals surface area contributed by atoms with Crippen molar-refractivity contribution in [3.63, 3.8) is 0 Å². The van der Waals surface area contributed by atoms with Crippen LogP contribution in [0.5, 0.6) is 0 Å². The van der Waals surface area contributed by atoms with E-state index in [1.54, 1.807) is 7.05 Å². The summed E-state index contributed by atoms with van der Waals surface area (Å²) in [5.74, 6) is 0.704. The molecule has 8 heteroatoms. The van der Waals surface area contributed by atoms with Crippen LogP contribution < -0.4 is 10.6 Å². The van der Waals surface area contributed by atoms with E-state index in [2.05, 4.69) is 15.6 Å². The molecular formula is C13H27N3O4S. The van der Waals surface area contributed by atoms with E-state index in [1.165, 1.54) is 6.26 Å². The molecule has 0 amide bonds. The number of sulfone groups is 1. The molecule has 1 aliphatic rings. The molecule has 1 fully saturated rings. The van der Waals surface area contributed by atoms with E-state index in [-0.39, 0.29) is 11.9 Å². The Hall–Kier alpha value is -0.860. The lowest BCUT2D eigenvalue weighted by atomic mass is 10.2. The van der Waals surface area contributed by atoms with Crippen LogP contribution in [0, 0.1) is 0 Å². The minimum absolute atomic E-state index is 0.0954. The maximum Gasteiger partial charge on any atom is 0.191 e. The van der Waals surface area contributed by atoms with Crippen molar-refractivity contribution in [2.24, 2.45) is 4.99 Å². The van der Waals surface area contributed by atoms with Gasteiger partial charge in [0.15, 0.2) is 5.96 Å². The van der Waals surface area contributed by atoms with Crippen molar-refractivity contribution in [1.82, 2.24) is 10.6 Å². The van der Waals surface area contributed by atoms with Crippen LogP contribution in [0.4, 0.5) is 0 Å². The summed E-state index contributed by atoms with van der Waals surface area (Å²) < 4.78 is 33.1. The summed E-state index contributed by atoms with van der Waals surface area (Å²) in [6, 6.07) is 0. The molecule has 0 radical (unpaired) electrons. The molecule has 1 unspecified atom stereocenters. The first-order chi connectivity index (χ1) is 10.0. The number of rotatable bonds is 9. The number of guanidine groups is 1. The molecule has 124 valence electrons. The van der Waals surface area contributed by atoms with E-state index >= 15 is 0 Å². The third kappa shape index (κ3) is 9.65. The molecule has 2 N–H and O–H groups in total. The average molecular weight is 321 g/mol. The molecule has 0 aromatic rings. The zero-order chi connectivity index (χ0) is 15.6. The topological polar surface area (TPSA) is 89.0 Å². The molecule has 1 rings (SSSR count). The third-order valence-corrected chi connectivity index (χ3v) is 4.02. The molecule has 0 aromatic heterocycles. The minimum atomic E-state index is -2.95. The van der Waals surface area contributed by atoms with Gasteiger partial charge in [0.05, 0.1) is 18.5 Å². The van der Waals surface area contributed by atoms with Crippen molar-refractivity contribution in [3.8, 4) is 0 Å². The van der Waals surface area contributed by atoms with E-state index < -0.39 is 9.84 Å². The molecule has 0 aliphatic carbocycles. The lowest BCUT2D eigenvalue weighted by Gasteiger charge is -2.12. The highest BCUT2D eigenvalue weighted by atomic mass is 32.2. The maximum atomic E-state index is 11.0. The van der Waals surface area contributed by atoms with Crippen LogP contribution in [0.1, 0.15) is 19.3 Å². The molecule has 1 atom stereocenters. The highest BCUT2D eigenvalue weighted by Gasteiger charge is 2.14. The summed E-state index contributed by atoms with van der Waals surface area (Å²) in [5.41, 5.74) is 0. The zero-order valence-electron chi connectivity index (χ0n) is 12.9. The summed E-state index contributed by atoms with van der Waals surface area (Å²) in [6.07, 6.45) is 4.57. The largest absolute Gasteiger partial charge is 0.379 e. The maximum absolute atomic E-state index is 11.0. The Kier molecular flexibility index (Phi) is 8.63. The Bertz CT molecular complexity index is 406. The zero-order valence-corrected chi connectivity index (χ0v) is 13.7. The fourth-order valence-electron chi connectivity index (χ4n) is 1.95. The molecule has 0 aromatic carbocycles. The minimum Gasteiger partial charge on any atom is -0.379 e. The Morgan fingerprint density at radius 2 is 2.14 bits per heavy atom. The Balaban J connectivity index is 1.99. The fourth-order valence-corrected chi connectivity index (χ4v) is 2.42. The van der Waals surface area contributed by atoms with Crippen LogP contribution in [0.25, 0.3) is 0 Å². The molecular weight excluding hydrogens is 294 g/mol. The van der Waals surface area contributed by atoms with E-state index in [4.69, 9.17) is 9.47 Å². The molecule has 21 heavy (non-hydrogen) atoms. The van der Waals surface area contributed by atoms with Gasteiger partial charge < -0.3 is 20.1 Å². The van der Waals surface area contributed by atoms with E-state index in [0.717, 1.165) is 32.4 Å². The van der Waals surface area contributed by atoms with Gasteiger partial charge in [-0.3, -0.25) is 4.99 Å². The molecule has 1 aliphatic heterocycles. The predicted molar refractivity (Wildman–Crippen MR) is 83.5 cm³/mol. The SMILES string of the molecule is CN=C(NCCCOCC1CCCO1)NCCS(C)(=O)=O. The van der Waals surface area contributed by atoms with Crippen LogP contribution in [-0.4, -0.2) is 72.4 Å². The second-order valence-corrected chi connectivity index (χ2v) is 7.38. The third-order valence-electron chi connectivity index (χ3n) is 3.07. The van der Waals surface area contributed by atoms with Crippen molar-refractivity contribution in [2.75, 3.05) is 52.0 Å². The predicted octanol–water partition coefficient (Wildman–Crippen LogP) is -0.218. The number of ether oxygens (including phenoxy) is 2. The molecule has 0 spiro atoms. The van der Waals surface area contributed by atoms with Gasteiger partial charge in [0.2, 0.25) is 0 Å². The Morgan fingerprint density at radius 1 is 1.38 bits per heavy atom. The average Bonchev–Trinajstić information content (AvgIpc) is 2.92. The van der Waals surface area contributed by atoms with Gasteiger partial charge >= 0.3 is 0 Å². The standard InChI is InChI=1S/C13H27N3O4S/c1-14-13(16-7-10-21(2,17)18)15-6-4-8-19-11-12-5-3-9-20-12/h12H,3-11H2,1-2H3,(H2,14,15,16). The fraction of sp³-hybridized carbons (Fsp3) is 0.923. The van der Waals surface area contributed by atoms with E-state index in [0.29, 0.717) is 25.7 Å². The first-order valence-corrected chi connectivity index (χ1v) is 9.39. The van der Waals surface area contributed by atoms with Gasteiger partial charge in [-0.05, 0) is 19.3 Å². The molecule has 0 bridgehead atoms. The lowest BCUT2D eigenvalue weighted by Crippen LogP contribution is -2.40. The van der Waals surface area contributed by atoms with Crippen LogP contribution in [0.3, 0.4) is 0 Å². The number of nitrogens with zero attached hydrogens (tertiary/aromatic N) is 1. The molecule has 1 saturated heterocycles. The highest BCUT2D eigenvalue weighted by Crippen LogP contribution is 2.11. The number of hydrogen-bond acceptors (Lipinski definition) is 5. The lowest BCUT2D eigenvalue weighted by molar-refractivity contribution is 0.0168. The van der Waals surface area contributed by atoms with Crippen molar-refractivity contribution in [1.29, 1.82) is 0 Å². The number of aliphatic imine (C=N–C) groups is 1. The molecule has 0 saturated carbocycles. The summed E-state index contributed by atoms with van der Waals surface area (Å²) in [7, 11) is -1.29. The van der Waals surface area contributed by atoms with Crippen molar-refractivity contribution in [2.45, 2.75) is 25.4 Å². The first-order valence-electron chi connectivity index (χ1n) is 7.33. The molecule has 1 heterocycles. The van der Waals surface area contributed by atoms with Gasteiger partial charge in [-0.25, -0.2) is 8.42 Å². The smallest absolute Gasteiger partial charge is 0.191 e.